The van der Waals surface area contributed by atoms with Gasteiger partial charge in [0, 0.05) is 12.8 Å². The van der Waals surface area contributed by atoms with Crippen molar-refractivity contribution in [3.63, 3.8) is 0 Å². The second-order valence-corrected chi connectivity index (χ2v) is 9.20. The second kappa shape index (κ2) is 11.1. The van der Waals surface area contributed by atoms with E-state index in [4.69, 9.17) is 14.2 Å². The molecule has 1 aliphatic carbocycles. The molecule has 2 bridgehead atoms. The molecule has 2 rings (SSSR count). The molecule has 1 saturated heterocycles. The highest BCUT2D eigenvalue weighted by molar-refractivity contribution is 5.90. The molecule has 0 N–H and O–H groups in total. The molecule has 0 amide bonds. The van der Waals surface area contributed by atoms with Crippen molar-refractivity contribution in [3.05, 3.63) is 47.6 Å². The number of hydrogen-bond acceptors (Lipinski definition) is 5. The molecule has 0 radical (unpaired) electrons. The maximum absolute atomic E-state index is 13.0. The van der Waals surface area contributed by atoms with Gasteiger partial charge in [-0.25, -0.2) is 0 Å². The zero-order valence-electron chi connectivity index (χ0n) is 19.9. The third-order valence-electron chi connectivity index (χ3n) is 5.80. The number of rotatable bonds is 2. The number of ketones is 1. The Morgan fingerprint density at radius 3 is 2.48 bits per heavy atom. The van der Waals surface area contributed by atoms with E-state index in [0.717, 1.165) is 24.0 Å². The summed E-state index contributed by atoms with van der Waals surface area (Å²) in [4.78, 5) is 25.6. The van der Waals surface area contributed by atoms with Crippen molar-refractivity contribution >= 4 is 11.8 Å². The summed E-state index contributed by atoms with van der Waals surface area (Å²) in [6, 6.07) is 0. The molecule has 172 valence electrons. The van der Waals surface area contributed by atoms with E-state index in [1.165, 1.54) is 0 Å². The summed E-state index contributed by atoms with van der Waals surface area (Å²) in [6.07, 6.45) is 14.2. The van der Waals surface area contributed by atoms with Crippen LogP contribution in [-0.4, -0.2) is 36.4 Å². The molecular weight excluding hydrogens is 392 g/mol. The van der Waals surface area contributed by atoms with Crippen LogP contribution >= 0.6 is 0 Å². The fourth-order valence-corrected chi connectivity index (χ4v) is 3.97. The fraction of sp³-hybridized carbons (Fsp3) is 0.615. The third-order valence-corrected chi connectivity index (χ3v) is 5.80. The van der Waals surface area contributed by atoms with Gasteiger partial charge in [-0.2, -0.15) is 0 Å². The highest BCUT2D eigenvalue weighted by Crippen LogP contribution is 2.41. The van der Waals surface area contributed by atoms with Crippen molar-refractivity contribution in [2.75, 3.05) is 6.61 Å². The summed E-state index contributed by atoms with van der Waals surface area (Å²) < 4.78 is 17.7. The molecule has 0 spiro atoms. The first kappa shape index (κ1) is 25.3. The molecule has 2 aliphatic rings. The number of hydrogen-bond donors (Lipinski definition) is 0. The lowest BCUT2D eigenvalue weighted by Gasteiger charge is -2.46. The van der Waals surface area contributed by atoms with Gasteiger partial charge in [0.15, 0.2) is 11.6 Å². The van der Waals surface area contributed by atoms with Gasteiger partial charge in [-0.15, -0.1) is 0 Å². The van der Waals surface area contributed by atoms with Crippen molar-refractivity contribution in [1.29, 1.82) is 0 Å². The van der Waals surface area contributed by atoms with Gasteiger partial charge in [-0.05, 0) is 66.9 Å². The molecule has 1 aliphatic heterocycles. The van der Waals surface area contributed by atoms with Gasteiger partial charge in [0.05, 0.1) is 24.2 Å². The third kappa shape index (κ3) is 7.58. The largest absolute Gasteiger partial charge is 0.465 e. The summed E-state index contributed by atoms with van der Waals surface area (Å²) in [5.74, 6) is -1.18. The molecule has 0 unspecified atom stereocenters. The lowest BCUT2D eigenvalue weighted by atomic mass is 9.77. The van der Waals surface area contributed by atoms with E-state index in [-0.39, 0.29) is 24.3 Å². The minimum absolute atomic E-state index is 0.00647. The lowest BCUT2D eigenvalue weighted by Crippen LogP contribution is -2.53. The van der Waals surface area contributed by atoms with Crippen LogP contribution in [0.25, 0.3) is 0 Å². The normalized spacial score (nSPS) is 35.6. The van der Waals surface area contributed by atoms with E-state index in [1.54, 1.807) is 6.08 Å². The van der Waals surface area contributed by atoms with E-state index < -0.39 is 17.3 Å². The zero-order valence-corrected chi connectivity index (χ0v) is 19.9. The fourth-order valence-electron chi connectivity index (χ4n) is 3.97. The zero-order chi connectivity index (χ0) is 23.1. The average molecular weight is 431 g/mol. The Balaban J connectivity index is 2.42. The molecule has 1 heterocycles. The molecule has 0 saturated carbocycles. The standard InChI is InChI=1S/C26H38O5/c1-7-29-24(28)26(6)16-15-20(3)12-10-8-9-11-19(2)13-14-21(27)17-22-18-23(26)31-25(4,5)30-22/h10-15,22-23H,7-9,16-18H2,1-6H3/b12-10+,14-13+,19-11+,20-15+/t22-,23-,26+/m1/s1. The first-order chi connectivity index (χ1) is 14.6. The topological polar surface area (TPSA) is 61.8 Å². The number of allylic oxidation sites excluding steroid dienone is 8. The van der Waals surface area contributed by atoms with Crippen LogP contribution in [0.15, 0.2) is 47.6 Å². The van der Waals surface area contributed by atoms with Crippen molar-refractivity contribution in [2.24, 2.45) is 5.41 Å². The molecule has 5 heteroatoms. The predicted molar refractivity (Wildman–Crippen MR) is 122 cm³/mol. The maximum Gasteiger partial charge on any atom is 0.314 e. The van der Waals surface area contributed by atoms with Crippen LogP contribution in [0, 0.1) is 5.41 Å². The van der Waals surface area contributed by atoms with Crippen molar-refractivity contribution < 1.29 is 23.8 Å². The summed E-state index contributed by atoms with van der Waals surface area (Å²) >= 11 is 0. The molecule has 0 aromatic carbocycles. The monoisotopic (exact) mass is 430 g/mol. The van der Waals surface area contributed by atoms with Crippen LogP contribution in [0.4, 0.5) is 0 Å². The Morgan fingerprint density at radius 1 is 1.06 bits per heavy atom. The van der Waals surface area contributed by atoms with Crippen LogP contribution in [0.2, 0.25) is 0 Å². The van der Waals surface area contributed by atoms with Gasteiger partial charge in [-0.1, -0.05) is 41.5 Å². The summed E-state index contributed by atoms with van der Waals surface area (Å²) in [6.45, 7) is 11.7. The van der Waals surface area contributed by atoms with Crippen LogP contribution in [0.3, 0.4) is 0 Å². The summed E-state index contributed by atoms with van der Waals surface area (Å²) in [7, 11) is 0. The SMILES string of the molecule is CCOC(=O)[C@@]1(C)C/C=C(C)/C=C/CC/C=C(C)/C=C/C(=O)C[C@@H]2C[C@H]1OC(C)(C)O2. The Bertz CT molecular complexity index is 771. The highest BCUT2D eigenvalue weighted by atomic mass is 16.7. The number of esters is 1. The van der Waals surface area contributed by atoms with E-state index in [0.29, 0.717) is 19.4 Å². The van der Waals surface area contributed by atoms with E-state index in [1.807, 2.05) is 47.6 Å². The Kier molecular flexibility index (Phi) is 9.01. The van der Waals surface area contributed by atoms with Gasteiger partial charge >= 0.3 is 5.97 Å². The molecular formula is C26H38O5. The number of carbonyl (C=O) groups excluding carboxylic acids is 2. The quantitative estimate of drug-likeness (QED) is 0.533. The molecule has 31 heavy (non-hydrogen) atoms. The van der Waals surface area contributed by atoms with Crippen molar-refractivity contribution in [1.82, 2.24) is 0 Å². The Hall–Kier alpha value is -1.98. The molecule has 5 nitrogen and oxygen atoms in total. The number of carbonyl (C=O) groups is 2. The molecule has 0 aromatic heterocycles. The van der Waals surface area contributed by atoms with Gasteiger partial charge in [0.1, 0.15) is 0 Å². The van der Waals surface area contributed by atoms with Gasteiger partial charge in [0.2, 0.25) is 0 Å². The average Bonchev–Trinajstić information content (AvgIpc) is 2.68. The number of ether oxygens (including phenoxy) is 3. The Morgan fingerprint density at radius 2 is 1.77 bits per heavy atom. The van der Waals surface area contributed by atoms with Crippen molar-refractivity contribution in [3.8, 4) is 0 Å². The van der Waals surface area contributed by atoms with Crippen LogP contribution in [0.5, 0.6) is 0 Å². The van der Waals surface area contributed by atoms with Crippen LogP contribution in [-0.2, 0) is 23.8 Å². The van der Waals surface area contributed by atoms with E-state index in [9.17, 15) is 9.59 Å². The first-order valence-corrected chi connectivity index (χ1v) is 11.3. The van der Waals surface area contributed by atoms with Gasteiger partial charge < -0.3 is 14.2 Å². The highest BCUT2D eigenvalue weighted by Gasteiger charge is 2.49. The summed E-state index contributed by atoms with van der Waals surface area (Å²) in [5.41, 5.74) is 1.29. The maximum atomic E-state index is 13.0. The van der Waals surface area contributed by atoms with E-state index in [2.05, 4.69) is 24.3 Å². The molecule has 3 atom stereocenters. The van der Waals surface area contributed by atoms with Crippen LogP contribution < -0.4 is 0 Å². The van der Waals surface area contributed by atoms with Crippen LogP contribution in [0.1, 0.15) is 73.6 Å². The smallest absolute Gasteiger partial charge is 0.314 e. The predicted octanol–water partition coefficient (Wildman–Crippen LogP) is 5.61. The molecule has 0 aromatic rings. The minimum Gasteiger partial charge on any atom is -0.465 e. The summed E-state index contributed by atoms with van der Waals surface area (Å²) in [5, 5.41) is 0. The minimum atomic E-state index is -0.900. The van der Waals surface area contributed by atoms with Gasteiger partial charge in [0.25, 0.3) is 0 Å². The first-order valence-electron chi connectivity index (χ1n) is 11.3. The van der Waals surface area contributed by atoms with E-state index >= 15 is 0 Å². The van der Waals surface area contributed by atoms with Gasteiger partial charge in [-0.3, -0.25) is 9.59 Å². The Labute approximate surface area is 187 Å². The lowest BCUT2D eigenvalue weighted by molar-refractivity contribution is -0.315. The molecule has 1 fully saturated rings. The number of fused-ring (bicyclic) bond motifs is 2. The van der Waals surface area contributed by atoms with Crippen molar-refractivity contribution in [2.45, 2.75) is 91.6 Å². The second-order valence-electron chi connectivity index (χ2n) is 9.20.